The van der Waals surface area contributed by atoms with Crippen molar-refractivity contribution in [1.29, 1.82) is 0 Å². The van der Waals surface area contributed by atoms with E-state index in [1.165, 1.54) is 0 Å². The van der Waals surface area contributed by atoms with Gasteiger partial charge in [0.2, 0.25) is 0 Å². The van der Waals surface area contributed by atoms with E-state index < -0.39 is 0 Å². The summed E-state index contributed by atoms with van der Waals surface area (Å²) in [6.07, 6.45) is 6.32. The number of hydrogen-bond donors (Lipinski definition) is 2. The molecule has 3 heteroatoms. The van der Waals surface area contributed by atoms with Crippen molar-refractivity contribution in [2.75, 3.05) is 0 Å². The first-order valence-corrected chi connectivity index (χ1v) is 6.08. The van der Waals surface area contributed by atoms with Crippen molar-refractivity contribution in [1.82, 2.24) is 10.3 Å². The third-order valence-corrected chi connectivity index (χ3v) is 3.28. The lowest BCUT2D eigenvalue weighted by Gasteiger charge is -2.09. The van der Waals surface area contributed by atoms with Crippen molar-refractivity contribution >= 4 is 22.5 Å². The number of aromatic amines is 1. The maximum atomic E-state index is 6.30. The van der Waals surface area contributed by atoms with Gasteiger partial charge < -0.3 is 4.98 Å². The van der Waals surface area contributed by atoms with Crippen LogP contribution >= 0.6 is 11.6 Å². The second kappa shape index (κ2) is 5.27. The van der Waals surface area contributed by atoms with Crippen molar-refractivity contribution in [2.45, 2.75) is 25.9 Å². The summed E-state index contributed by atoms with van der Waals surface area (Å²) < 4.78 is 0. The molecule has 1 aromatic carbocycles. The normalized spacial score (nSPS) is 12.5. The van der Waals surface area contributed by atoms with Crippen LogP contribution in [0.1, 0.15) is 19.0 Å². The average Bonchev–Trinajstić information content (AvgIpc) is 2.68. The van der Waals surface area contributed by atoms with Crippen LogP contribution in [-0.4, -0.2) is 11.0 Å². The van der Waals surface area contributed by atoms with Gasteiger partial charge in [-0.1, -0.05) is 42.6 Å². The Bertz CT molecular complexity index is 551. The summed E-state index contributed by atoms with van der Waals surface area (Å²) in [7, 11) is 0. The quantitative estimate of drug-likeness (QED) is 0.796. The largest absolute Gasteiger partial charge is 0.356 e. The second-order valence-electron chi connectivity index (χ2n) is 3.97. The molecule has 0 amide bonds. The van der Waals surface area contributed by atoms with Crippen LogP contribution in [0.15, 0.2) is 24.3 Å². The molecule has 2 nitrogen and oxygen atoms in total. The van der Waals surface area contributed by atoms with Crippen LogP contribution in [0.25, 0.3) is 10.9 Å². The first-order chi connectivity index (χ1) is 8.26. The Labute approximate surface area is 106 Å². The molecular weight excluding hydrogens is 232 g/mol. The van der Waals surface area contributed by atoms with Crippen LogP contribution in [-0.2, 0) is 6.54 Å². The van der Waals surface area contributed by atoms with E-state index >= 15 is 0 Å². The highest BCUT2D eigenvalue weighted by Crippen LogP contribution is 2.26. The van der Waals surface area contributed by atoms with Crippen LogP contribution in [0.5, 0.6) is 0 Å². The lowest BCUT2D eigenvalue weighted by Crippen LogP contribution is -2.26. The number of rotatable bonds is 4. The molecule has 2 rings (SSSR count). The number of terminal acetylenes is 1. The number of halogens is 1. The van der Waals surface area contributed by atoms with Crippen LogP contribution in [0, 0.1) is 12.3 Å². The maximum absolute atomic E-state index is 6.30. The molecule has 88 valence electrons. The lowest BCUT2D eigenvalue weighted by molar-refractivity contribution is 0.587. The monoisotopic (exact) mass is 246 g/mol. The highest BCUT2D eigenvalue weighted by Gasteiger charge is 2.09. The van der Waals surface area contributed by atoms with Gasteiger partial charge in [-0.15, -0.1) is 6.42 Å². The number of hydrogen-bond acceptors (Lipinski definition) is 1. The van der Waals surface area contributed by atoms with Gasteiger partial charge >= 0.3 is 0 Å². The molecule has 0 aliphatic heterocycles. The number of fused-ring (bicyclic) bond motifs is 1. The van der Waals surface area contributed by atoms with E-state index in [1.54, 1.807) is 0 Å². The molecule has 0 spiro atoms. The number of benzene rings is 1. The minimum absolute atomic E-state index is 0.0949. The van der Waals surface area contributed by atoms with Crippen molar-refractivity contribution in [2.24, 2.45) is 0 Å². The third-order valence-electron chi connectivity index (χ3n) is 2.85. The van der Waals surface area contributed by atoms with E-state index in [1.807, 2.05) is 24.3 Å². The van der Waals surface area contributed by atoms with Crippen LogP contribution < -0.4 is 5.32 Å². The Morgan fingerprint density at radius 1 is 1.47 bits per heavy atom. The van der Waals surface area contributed by atoms with E-state index in [-0.39, 0.29) is 6.04 Å². The molecular formula is C14H15ClN2. The van der Waals surface area contributed by atoms with Gasteiger partial charge in [0.1, 0.15) is 0 Å². The fourth-order valence-corrected chi connectivity index (χ4v) is 2.11. The fraction of sp³-hybridized carbons (Fsp3) is 0.286. The molecule has 2 aromatic rings. The minimum atomic E-state index is 0.0949. The van der Waals surface area contributed by atoms with Crippen molar-refractivity contribution in [3.63, 3.8) is 0 Å². The highest BCUT2D eigenvalue weighted by molar-refractivity contribution is 6.36. The standard InChI is InChI=1S/C14H15ClN2/c1-3-10(4-2)16-9-13-14(15)11-7-5-6-8-12(11)17-13/h1,5-8,10,16-17H,4,9H2,2H3. The molecule has 1 atom stereocenters. The highest BCUT2D eigenvalue weighted by atomic mass is 35.5. The molecule has 0 fully saturated rings. The van der Waals surface area contributed by atoms with Crippen LogP contribution in [0.4, 0.5) is 0 Å². The first-order valence-electron chi connectivity index (χ1n) is 5.70. The summed E-state index contributed by atoms with van der Waals surface area (Å²) >= 11 is 6.30. The summed E-state index contributed by atoms with van der Waals surface area (Å²) in [6.45, 7) is 2.72. The number of aromatic nitrogens is 1. The number of nitrogens with one attached hydrogen (secondary N) is 2. The predicted octanol–water partition coefficient (Wildman–Crippen LogP) is 3.32. The van der Waals surface area contributed by atoms with Gasteiger partial charge in [0.25, 0.3) is 0 Å². The molecule has 0 bridgehead atoms. The Hall–Kier alpha value is -1.43. The Morgan fingerprint density at radius 3 is 2.88 bits per heavy atom. The topological polar surface area (TPSA) is 27.8 Å². The van der Waals surface area contributed by atoms with E-state index in [0.717, 1.165) is 28.0 Å². The smallest absolute Gasteiger partial charge is 0.0705 e. The van der Waals surface area contributed by atoms with Crippen LogP contribution in [0.2, 0.25) is 5.02 Å². The summed E-state index contributed by atoms with van der Waals surface area (Å²) in [6, 6.07) is 8.09. The molecule has 2 N–H and O–H groups in total. The number of H-pyrrole nitrogens is 1. The predicted molar refractivity (Wildman–Crippen MR) is 73.1 cm³/mol. The van der Waals surface area contributed by atoms with Gasteiger partial charge in [0, 0.05) is 23.1 Å². The Kier molecular flexibility index (Phi) is 3.73. The van der Waals surface area contributed by atoms with Crippen molar-refractivity contribution in [3.05, 3.63) is 35.0 Å². The molecule has 17 heavy (non-hydrogen) atoms. The zero-order valence-electron chi connectivity index (χ0n) is 9.76. The van der Waals surface area contributed by atoms with Gasteiger partial charge in [-0.3, -0.25) is 5.32 Å². The SMILES string of the molecule is C#CC(CC)NCc1[nH]c2ccccc2c1Cl. The molecule has 0 radical (unpaired) electrons. The minimum Gasteiger partial charge on any atom is -0.356 e. The van der Waals surface area contributed by atoms with E-state index in [4.69, 9.17) is 18.0 Å². The van der Waals surface area contributed by atoms with Gasteiger partial charge in [-0.25, -0.2) is 0 Å². The fourth-order valence-electron chi connectivity index (χ4n) is 1.83. The van der Waals surface area contributed by atoms with Gasteiger partial charge in [0.05, 0.1) is 11.1 Å². The Balaban J connectivity index is 2.19. The zero-order chi connectivity index (χ0) is 12.3. The summed E-state index contributed by atoms with van der Waals surface area (Å²) in [5.41, 5.74) is 2.05. The molecule has 0 aliphatic carbocycles. The molecule has 0 aliphatic rings. The molecule has 1 aromatic heterocycles. The molecule has 0 saturated carbocycles. The summed E-state index contributed by atoms with van der Waals surface area (Å²) in [4.78, 5) is 3.30. The molecule has 0 saturated heterocycles. The van der Waals surface area contributed by atoms with Gasteiger partial charge in [0.15, 0.2) is 0 Å². The zero-order valence-corrected chi connectivity index (χ0v) is 10.5. The molecule has 1 unspecified atom stereocenters. The van der Waals surface area contributed by atoms with E-state index in [9.17, 15) is 0 Å². The number of para-hydroxylation sites is 1. The van der Waals surface area contributed by atoms with Crippen molar-refractivity contribution < 1.29 is 0 Å². The third kappa shape index (κ3) is 2.46. The summed E-state index contributed by atoms with van der Waals surface area (Å²) in [5, 5.41) is 5.12. The van der Waals surface area contributed by atoms with Crippen molar-refractivity contribution in [3.8, 4) is 12.3 Å². The average molecular weight is 247 g/mol. The van der Waals surface area contributed by atoms with E-state index in [2.05, 4.69) is 23.1 Å². The lowest BCUT2D eigenvalue weighted by atomic mass is 10.2. The first kappa shape index (κ1) is 12.0. The van der Waals surface area contributed by atoms with E-state index in [0.29, 0.717) is 6.54 Å². The van der Waals surface area contributed by atoms with Gasteiger partial charge in [-0.2, -0.15) is 0 Å². The van der Waals surface area contributed by atoms with Crippen LogP contribution in [0.3, 0.4) is 0 Å². The van der Waals surface area contributed by atoms with Gasteiger partial charge in [-0.05, 0) is 12.5 Å². The molecule has 1 heterocycles. The second-order valence-corrected chi connectivity index (χ2v) is 4.35. The summed E-state index contributed by atoms with van der Waals surface area (Å²) in [5.74, 6) is 2.71. The Morgan fingerprint density at radius 2 is 2.24 bits per heavy atom. The maximum Gasteiger partial charge on any atom is 0.0705 e.